The largest absolute Gasteiger partial charge is 0.494 e. The molecule has 0 bridgehead atoms. The lowest BCUT2D eigenvalue weighted by atomic mass is 9.91. The molecule has 0 fully saturated rings. The minimum absolute atomic E-state index is 0.108. The molecule has 1 aromatic carbocycles. The van der Waals surface area contributed by atoms with E-state index in [1.165, 1.54) is 17.2 Å². The second-order valence-corrected chi connectivity index (χ2v) is 15.2. The molecule has 260 valence electrons. The number of carbonyl (C=O) groups is 1. The van der Waals surface area contributed by atoms with Crippen molar-refractivity contribution in [1.29, 1.82) is 0 Å². The molecule has 2 aliphatic heterocycles. The van der Waals surface area contributed by atoms with Crippen LogP contribution < -0.4 is 0 Å². The smallest absolute Gasteiger partial charge is 0.410 e. The fourth-order valence-corrected chi connectivity index (χ4v) is 7.79. The minimum Gasteiger partial charge on any atom is -0.494 e. The van der Waals surface area contributed by atoms with Crippen molar-refractivity contribution in [2.75, 3.05) is 13.6 Å². The Morgan fingerprint density at radius 1 is 1.08 bits per heavy atom. The van der Waals surface area contributed by atoms with Crippen LogP contribution >= 0.6 is 11.3 Å². The first-order chi connectivity index (χ1) is 23.3. The van der Waals surface area contributed by atoms with Crippen molar-refractivity contribution in [2.45, 2.75) is 105 Å². The van der Waals surface area contributed by atoms with E-state index in [9.17, 15) is 4.79 Å². The zero-order valence-electron chi connectivity index (χ0n) is 30.1. The zero-order chi connectivity index (χ0) is 35.2. The van der Waals surface area contributed by atoms with Crippen LogP contribution in [0.25, 0.3) is 32.7 Å². The van der Waals surface area contributed by atoms with Crippen LogP contribution in [0.5, 0.6) is 0 Å². The summed E-state index contributed by atoms with van der Waals surface area (Å²) in [4.78, 5) is 22.6. The summed E-state index contributed by atoms with van der Waals surface area (Å²) in [7, 11) is 2.16. The van der Waals surface area contributed by atoms with E-state index in [0.29, 0.717) is 30.2 Å². The molecule has 0 N–H and O–H groups in total. The van der Waals surface area contributed by atoms with Gasteiger partial charge in [0.25, 0.3) is 0 Å². The van der Waals surface area contributed by atoms with Crippen LogP contribution in [-0.4, -0.2) is 62.0 Å². The summed E-state index contributed by atoms with van der Waals surface area (Å²) in [5.74, 6) is -0.212. The average molecular weight is 686 g/mol. The third-order valence-corrected chi connectivity index (χ3v) is 9.91. The molecule has 1 aliphatic carbocycles. The van der Waals surface area contributed by atoms with Crippen LogP contribution in [0.3, 0.4) is 0 Å². The normalized spacial score (nSPS) is 19.2. The second-order valence-electron chi connectivity index (χ2n) is 14.3. The standard InChI is InChI=1S/C37H42FN5O3S.C2H6/c1-21(2)45-31-16-26(38)15-29(31)32-34(30-17-27-20-42(22(3)18-43(27)40-30)36(44)46-37(4,5)6)39-33(28-11-13-47-35(28)32)24-8-9-25-19-41(7)12-10-23(25)14-24;1-2/h8-9,11,13-17,21-22,29H,10,12,18-20H2,1-7H3;1-2H3. The Labute approximate surface area is 293 Å². The van der Waals surface area contributed by atoms with Crippen molar-refractivity contribution in [2.24, 2.45) is 0 Å². The Hall–Kier alpha value is -4.02. The van der Waals surface area contributed by atoms with Gasteiger partial charge in [0.1, 0.15) is 22.9 Å². The maximum Gasteiger partial charge on any atom is 0.410 e. The van der Waals surface area contributed by atoms with Gasteiger partial charge in [0.2, 0.25) is 0 Å². The number of halogens is 1. The van der Waals surface area contributed by atoms with Gasteiger partial charge in [-0.05, 0) is 95.8 Å². The Balaban J connectivity index is 0.00000205. The minimum atomic E-state index is -0.592. The Morgan fingerprint density at radius 3 is 2.59 bits per heavy atom. The van der Waals surface area contributed by atoms with E-state index in [0.717, 1.165) is 52.1 Å². The molecule has 2 unspecified atom stereocenters. The molecule has 1 amide bonds. The number of ether oxygens (including phenoxy) is 2. The first-order valence-electron chi connectivity index (χ1n) is 17.4. The highest BCUT2D eigenvalue weighted by Gasteiger charge is 2.35. The Morgan fingerprint density at radius 2 is 1.86 bits per heavy atom. The van der Waals surface area contributed by atoms with Gasteiger partial charge in [-0.15, -0.1) is 11.3 Å². The summed E-state index contributed by atoms with van der Waals surface area (Å²) in [6.07, 6.45) is 3.64. The third kappa shape index (κ3) is 7.03. The first kappa shape index (κ1) is 34.8. The second kappa shape index (κ2) is 13.7. The molecule has 0 radical (unpaired) electrons. The topological polar surface area (TPSA) is 72.7 Å². The summed E-state index contributed by atoms with van der Waals surface area (Å²) >= 11 is 1.63. The molecule has 4 aromatic rings. The van der Waals surface area contributed by atoms with Gasteiger partial charge in [-0.25, -0.2) is 14.2 Å². The van der Waals surface area contributed by atoms with Gasteiger partial charge in [0.15, 0.2) is 0 Å². The summed E-state index contributed by atoms with van der Waals surface area (Å²) in [6.45, 7) is 18.4. The molecule has 2 atom stereocenters. The number of benzene rings is 1. The molecule has 0 saturated carbocycles. The van der Waals surface area contributed by atoms with Crippen molar-refractivity contribution < 1.29 is 18.7 Å². The monoisotopic (exact) mass is 685 g/mol. The average Bonchev–Trinajstić information content (AvgIpc) is 3.78. The highest BCUT2D eigenvalue weighted by atomic mass is 32.1. The number of nitrogens with zero attached hydrogens (tertiary/aromatic N) is 5. The summed E-state index contributed by atoms with van der Waals surface area (Å²) in [5, 5.41) is 8.19. The molecule has 7 rings (SSSR count). The Bertz CT molecular complexity index is 1930. The fraction of sp³-hybridized carbons (Fsp3) is 0.462. The number of aromatic nitrogens is 3. The number of allylic oxidation sites excluding steroid dienone is 3. The number of rotatable bonds is 5. The number of carbonyl (C=O) groups excluding carboxylic acids is 1. The van der Waals surface area contributed by atoms with E-state index in [1.807, 2.05) is 66.1 Å². The van der Waals surface area contributed by atoms with Crippen LogP contribution in [0.1, 0.15) is 83.7 Å². The third-order valence-electron chi connectivity index (χ3n) is 8.96. The van der Waals surface area contributed by atoms with Gasteiger partial charge in [0.05, 0.1) is 48.2 Å². The lowest BCUT2D eigenvalue weighted by molar-refractivity contribution is 0.00907. The molecule has 5 heterocycles. The predicted molar refractivity (Wildman–Crippen MR) is 195 cm³/mol. The molecule has 0 saturated heterocycles. The highest BCUT2D eigenvalue weighted by molar-refractivity contribution is 7.17. The first-order valence-corrected chi connectivity index (χ1v) is 18.3. The van der Waals surface area contributed by atoms with Gasteiger partial charge < -0.3 is 14.4 Å². The Kier molecular flexibility index (Phi) is 9.74. The molecule has 10 heteroatoms. The van der Waals surface area contributed by atoms with E-state index in [-0.39, 0.29) is 24.1 Å². The number of fused-ring (bicyclic) bond motifs is 3. The van der Waals surface area contributed by atoms with Crippen LogP contribution in [-0.2, 0) is 35.5 Å². The summed E-state index contributed by atoms with van der Waals surface area (Å²) in [6, 6.07) is 10.7. The number of pyridine rings is 1. The van der Waals surface area contributed by atoms with Crippen LogP contribution in [0.2, 0.25) is 0 Å². The quantitative estimate of drug-likeness (QED) is 0.209. The molecule has 49 heavy (non-hydrogen) atoms. The van der Waals surface area contributed by atoms with Crippen LogP contribution in [0.15, 0.2) is 59.4 Å². The van der Waals surface area contributed by atoms with Crippen molar-refractivity contribution in [1.82, 2.24) is 24.6 Å². The number of amides is 1. The van der Waals surface area contributed by atoms with E-state index in [4.69, 9.17) is 19.6 Å². The summed E-state index contributed by atoms with van der Waals surface area (Å²) in [5.41, 5.74) is 7.20. The van der Waals surface area contributed by atoms with Gasteiger partial charge >= 0.3 is 6.09 Å². The van der Waals surface area contributed by atoms with Gasteiger partial charge in [0, 0.05) is 40.4 Å². The number of hydrogen-bond donors (Lipinski definition) is 0. The lowest BCUT2D eigenvalue weighted by Crippen LogP contribution is -2.46. The number of thiophene rings is 1. The van der Waals surface area contributed by atoms with Crippen LogP contribution in [0.4, 0.5) is 9.18 Å². The molecule has 3 aliphatic rings. The number of likely N-dealkylation sites (N-methyl/N-ethyl adjacent to an activating group) is 1. The predicted octanol–water partition coefficient (Wildman–Crippen LogP) is 9.24. The van der Waals surface area contributed by atoms with Crippen molar-refractivity contribution in [3.63, 3.8) is 0 Å². The van der Waals surface area contributed by atoms with Crippen molar-refractivity contribution >= 4 is 27.5 Å². The van der Waals surface area contributed by atoms with E-state index in [1.54, 1.807) is 22.3 Å². The SMILES string of the molecule is CC.CC(C)OC1=CC(F)=CC1c1c(-c2cc3n(n2)CC(C)N(C(=O)OC(C)(C)C)C3)nc(-c2ccc3c(c2)CCN(C)C3)c2ccsc12. The van der Waals surface area contributed by atoms with Crippen LogP contribution in [0, 0.1) is 0 Å². The number of hydrogen-bond acceptors (Lipinski definition) is 7. The van der Waals surface area contributed by atoms with Crippen molar-refractivity contribution in [3.8, 4) is 22.6 Å². The van der Waals surface area contributed by atoms with E-state index >= 15 is 4.39 Å². The molecule has 8 nitrogen and oxygen atoms in total. The van der Waals surface area contributed by atoms with Crippen molar-refractivity contribution in [3.05, 3.63) is 81.8 Å². The highest BCUT2D eigenvalue weighted by Crippen LogP contribution is 2.47. The molecule has 0 spiro atoms. The maximum absolute atomic E-state index is 15.0. The molecular weight excluding hydrogens is 638 g/mol. The summed E-state index contributed by atoms with van der Waals surface area (Å²) < 4.78 is 29.9. The maximum atomic E-state index is 15.0. The van der Waals surface area contributed by atoms with E-state index in [2.05, 4.69) is 41.6 Å². The van der Waals surface area contributed by atoms with E-state index < -0.39 is 11.5 Å². The zero-order valence-corrected chi connectivity index (χ0v) is 30.9. The fourth-order valence-electron chi connectivity index (χ4n) is 6.81. The van der Waals surface area contributed by atoms with Gasteiger partial charge in [-0.2, -0.15) is 5.10 Å². The molecular formula is C39H48FN5O3S. The molecule has 3 aromatic heterocycles. The lowest BCUT2D eigenvalue weighted by Gasteiger charge is -2.35. The van der Waals surface area contributed by atoms with Gasteiger partial charge in [-0.3, -0.25) is 9.58 Å². The van der Waals surface area contributed by atoms with Gasteiger partial charge in [-0.1, -0.05) is 26.0 Å².